The Morgan fingerprint density at radius 1 is 1.50 bits per heavy atom. The summed E-state index contributed by atoms with van der Waals surface area (Å²) in [6.45, 7) is 0.867. The molecule has 1 aromatic rings. The van der Waals surface area contributed by atoms with Crippen LogP contribution < -0.4 is 0 Å². The molecule has 0 N–H and O–H groups in total. The molecule has 14 heavy (non-hydrogen) atoms. The van der Waals surface area contributed by atoms with Crippen molar-refractivity contribution in [3.8, 4) is 0 Å². The molecule has 5 nitrogen and oxygen atoms in total. The summed E-state index contributed by atoms with van der Waals surface area (Å²) in [7, 11) is -3.05. The lowest BCUT2D eigenvalue weighted by atomic mass is 10.5. The lowest BCUT2D eigenvalue weighted by Gasteiger charge is -2.10. The molecule has 78 valence electrons. The predicted molar refractivity (Wildman–Crippen MR) is 53.7 cm³/mol. The van der Waals surface area contributed by atoms with E-state index in [0.29, 0.717) is 29.0 Å². The van der Waals surface area contributed by atoms with Crippen LogP contribution in [0.25, 0.3) is 0 Å². The normalized spacial score (nSPS) is 21.5. The first-order valence-corrected chi connectivity index (χ1v) is 6.84. The van der Waals surface area contributed by atoms with Crippen molar-refractivity contribution < 1.29 is 8.42 Å². The molecule has 1 fully saturated rings. The van der Waals surface area contributed by atoms with Gasteiger partial charge in [-0.2, -0.15) is 4.31 Å². The lowest BCUT2D eigenvalue weighted by Crippen LogP contribution is -2.25. The average Bonchev–Trinajstić information content (AvgIpc) is 2.61. The fourth-order valence-electron chi connectivity index (χ4n) is 1.32. The summed E-state index contributed by atoms with van der Waals surface area (Å²) >= 11 is 6.81. The Morgan fingerprint density at radius 2 is 2.29 bits per heavy atom. The zero-order valence-corrected chi connectivity index (χ0v) is 9.57. The first kappa shape index (κ1) is 10.3. The molecule has 0 aliphatic carbocycles. The van der Waals surface area contributed by atoms with Gasteiger partial charge in [-0.25, -0.2) is 8.42 Å². The van der Waals surface area contributed by atoms with E-state index in [4.69, 9.17) is 11.6 Å². The van der Waals surface area contributed by atoms with Gasteiger partial charge < -0.3 is 0 Å². The molecule has 0 radical (unpaired) electrons. The van der Waals surface area contributed by atoms with Crippen molar-refractivity contribution in [2.45, 2.75) is 13.0 Å². The van der Waals surface area contributed by atoms with Crippen LogP contribution in [0.1, 0.15) is 11.4 Å². The quantitative estimate of drug-likeness (QED) is 0.780. The van der Waals surface area contributed by atoms with Crippen LogP contribution in [0.2, 0.25) is 4.47 Å². The van der Waals surface area contributed by atoms with Crippen molar-refractivity contribution in [1.29, 1.82) is 0 Å². The van der Waals surface area contributed by atoms with Gasteiger partial charge in [-0.3, -0.25) is 0 Å². The van der Waals surface area contributed by atoms with Gasteiger partial charge in [-0.1, -0.05) is 11.3 Å². The molecule has 2 rings (SSSR count). The van der Waals surface area contributed by atoms with Crippen LogP contribution >= 0.6 is 22.9 Å². The van der Waals surface area contributed by atoms with Gasteiger partial charge in [0.15, 0.2) is 0 Å². The Bertz CT molecular complexity index is 430. The van der Waals surface area contributed by atoms with Crippen molar-refractivity contribution in [3.05, 3.63) is 9.47 Å². The number of halogens is 1. The molecule has 0 saturated carbocycles. The Kier molecular flexibility index (Phi) is 2.74. The molecule has 8 heteroatoms. The highest BCUT2D eigenvalue weighted by Crippen LogP contribution is 2.21. The van der Waals surface area contributed by atoms with Gasteiger partial charge in [0.25, 0.3) is 0 Å². The molecule has 2 heterocycles. The minimum absolute atomic E-state index is 0.236. The second kappa shape index (κ2) is 3.73. The largest absolute Gasteiger partial charge is 0.214 e. The molecular formula is C6H8ClN3O2S2. The molecule has 0 bridgehead atoms. The van der Waals surface area contributed by atoms with Crippen molar-refractivity contribution in [2.75, 3.05) is 12.3 Å². The van der Waals surface area contributed by atoms with Crippen LogP contribution in [0.5, 0.6) is 0 Å². The average molecular weight is 254 g/mol. The maximum absolute atomic E-state index is 11.4. The molecule has 1 aromatic heterocycles. The zero-order valence-electron chi connectivity index (χ0n) is 7.18. The summed E-state index contributed by atoms with van der Waals surface area (Å²) in [5.74, 6) is 0.236. The van der Waals surface area contributed by atoms with Crippen LogP contribution in [0.3, 0.4) is 0 Å². The molecule has 1 saturated heterocycles. The van der Waals surface area contributed by atoms with E-state index in [1.54, 1.807) is 0 Å². The van der Waals surface area contributed by atoms with Crippen LogP contribution in [0.4, 0.5) is 0 Å². The van der Waals surface area contributed by atoms with E-state index < -0.39 is 10.0 Å². The van der Waals surface area contributed by atoms with Crippen molar-refractivity contribution >= 4 is 33.0 Å². The third-order valence-electron chi connectivity index (χ3n) is 1.96. The first-order chi connectivity index (χ1) is 6.58. The van der Waals surface area contributed by atoms with Crippen LogP contribution in [-0.4, -0.2) is 35.2 Å². The van der Waals surface area contributed by atoms with Gasteiger partial charge >= 0.3 is 0 Å². The van der Waals surface area contributed by atoms with Crippen LogP contribution in [0.15, 0.2) is 0 Å². The monoisotopic (exact) mass is 253 g/mol. The summed E-state index contributed by atoms with van der Waals surface area (Å²) in [5.41, 5.74) is 0. The number of hydrogen-bond donors (Lipinski definition) is 0. The first-order valence-electron chi connectivity index (χ1n) is 4.04. The highest BCUT2D eigenvalue weighted by molar-refractivity contribution is 7.89. The van der Waals surface area contributed by atoms with E-state index in [2.05, 4.69) is 10.2 Å². The summed E-state index contributed by atoms with van der Waals surface area (Å²) in [6, 6.07) is 0. The van der Waals surface area contributed by atoms with E-state index in [9.17, 15) is 8.42 Å². The second-order valence-electron chi connectivity index (χ2n) is 2.95. The molecule has 0 unspecified atom stereocenters. The zero-order chi connectivity index (χ0) is 10.2. The number of hydrogen-bond acceptors (Lipinski definition) is 5. The van der Waals surface area contributed by atoms with Gasteiger partial charge in [0.1, 0.15) is 5.01 Å². The minimum Gasteiger partial charge on any atom is -0.212 e. The van der Waals surface area contributed by atoms with E-state index >= 15 is 0 Å². The molecular weight excluding hydrogens is 246 g/mol. The molecule has 0 atom stereocenters. The summed E-state index contributed by atoms with van der Waals surface area (Å²) in [5, 5.41) is 8.03. The molecule has 0 spiro atoms. The molecule has 1 aliphatic heterocycles. The molecule has 1 aliphatic rings. The second-order valence-corrected chi connectivity index (χ2v) is 6.68. The molecule has 0 amide bonds. The van der Waals surface area contributed by atoms with E-state index in [-0.39, 0.29) is 5.75 Å². The third-order valence-corrected chi connectivity index (χ3v) is 4.86. The lowest BCUT2D eigenvalue weighted by molar-refractivity contribution is 0.437. The number of aromatic nitrogens is 2. The number of sulfonamides is 1. The fourth-order valence-corrected chi connectivity index (χ4v) is 3.76. The van der Waals surface area contributed by atoms with Crippen molar-refractivity contribution in [2.24, 2.45) is 0 Å². The van der Waals surface area contributed by atoms with E-state index in [1.165, 1.54) is 15.6 Å². The van der Waals surface area contributed by atoms with Gasteiger partial charge in [-0.05, 0) is 18.0 Å². The predicted octanol–water partition coefficient (Wildman–Crippen LogP) is 0.727. The van der Waals surface area contributed by atoms with Gasteiger partial charge in [-0.15, -0.1) is 10.2 Å². The summed E-state index contributed by atoms with van der Waals surface area (Å²) in [4.78, 5) is 0. The maximum Gasteiger partial charge on any atom is 0.214 e. The standard InChI is InChI=1S/C6H8ClN3O2S2/c7-6-9-8-5(13-6)4-10-2-1-3-14(10,11)12/h1-4H2. The van der Waals surface area contributed by atoms with Gasteiger partial charge in [0.2, 0.25) is 14.5 Å². The Morgan fingerprint density at radius 3 is 2.79 bits per heavy atom. The van der Waals surface area contributed by atoms with Gasteiger partial charge in [0, 0.05) is 6.54 Å². The van der Waals surface area contributed by atoms with E-state index in [1.807, 2.05) is 0 Å². The summed E-state index contributed by atoms with van der Waals surface area (Å²) < 4.78 is 24.6. The molecule has 0 aromatic carbocycles. The van der Waals surface area contributed by atoms with Crippen LogP contribution in [-0.2, 0) is 16.6 Å². The third kappa shape index (κ3) is 2.05. The Hall–Kier alpha value is -0.240. The minimum atomic E-state index is -3.05. The Labute approximate surface area is 90.8 Å². The SMILES string of the molecule is O=S1(=O)CCCN1Cc1nnc(Cl)s1. The van der Waals surface area contributed by atoms with Gasteiger partial charge in [0.05, 0.1) is 12.3 Å². The Balaban J connectivity index is 2.12. The highest BCUT2D eigenvalue weighted by Gasteiger charge is 2.28. The van der Waals surface area contributed by atoms with Crippen molar-refractivity contribution in [3.63, 3.8) is 0 Å². The highest BCUT2D eigenvalue weighted by atomic mass is 35.5. The van der Waals surface area contributed by atoms with Crippen LogP contribution in [0, 0.1) is 0 Å². The maximum atomic E-state index is 11.4. The number of rotatable bonds is 2. The smallest absolute Gasteiger partial charge is 0.212 e. The topological polar surface area (TPSA) is 63.2 Å². The number of nitrogens with zero attached hydrogens (tertiary/aromatic N) is 3. The fraction of sp³-hybridized carbons (Fsp3) is 0.667. The van der Waals surface area contributed by atoms with Crippen molar-refractivity contribution in [1.82, 2.24) is 14.5 Å². The van der Waals surface area contributed by atoms with E-state index in [0.717, 1.165) is 0 Å². The summed E-state index contributed by atoms with van der Waals surface area (Å²) in [6.07, 6.45) is 0.689.